The first-order valence-corrected chi connectivity index (χ1v) is 11.5. The first-order valence-electron chi connectivity index (χ1n) is 9.79. The molecular formula is C22H12F6N4O2S2. The molecular weight excluding hydrogens is 530 g/mol. The van der Waals surface area contributed by atoms with Crippen LogP contribution in [0.4, 0.5) is 36.6 Å². The van der Waals surface area contributed by atoms with Crippen molar-refractivity contribution in [2.75, 3.05) is 10.6 Å². The van der Waals surface area contributed by atoms with E-state index in [-0.39, 0.29) is 21.4 Å². The summed E-state index contributed by atoms with van der Waals surface area (Å²) >= 11 is 2.01. The maximum Gasteiger partial charge on any atom is 0.416 e. The van der Waals surface area contributed by atoms with Crippen LogP contribution in [0.5, 0.6) is 0 Å². The number of carbonyl (C=O) groups excluding carboxylic acids is 2. The molecule has 0 saturated heterocycles. The molecule has 2 heterocycles. The van der Waals surface area contributed by atoms with E-state index >= 15 is 0 Å². The predicted octanol–water partition coefficient (Wildman–Crippen LogP) is 6.81. The number of anilines is 2. The molecule has 36 heavy (non-hydrogen) atoms. The van der Waals surface area contributed by atoms with E-state index in [0.29, 0.717) is 11.4 Å². The van der Waals surface area contributed by atoms with E-state index in [0.717, 1.165) is 59.1 Å². The molecule has 0 bridgehead atoms. The molecule has 2 N–H and O–H groups in total. The highest BCUT2D eigenvalue weighted by molar-refractivity contribution is 7.15. The minimum Gasteiger partial charge on any atom is -0.298 e. The summed E-state index contributed by atoms with van der Waals surface area (Å²) < 4.78 is 77.2. The molecule has 6 nitrogen and oxygen atoms in total. The summed E-state index contributed by atoms with van der Waals surface area (Å²) in [5.41, 5.74) is -1.69. The average Bonchev–Trinajstić information content (AvgIpc) is 3.47. The van der Waals surface area contributed by atoms with E-state index in [9.17, 15) is 35.9 Å². The van der Waals surface area contributed by atoms with Crippen molar-refractivity contribution in [1.82, 2.24) is 9.97 Å². The van der Waals surface area contributed by atoms with Gasteiger partial charge in [0.15, 0.2) is 10.3 Å². The number of alkyl halides is 6. The van der Waals surface area contributed by atoms with Gasteiger partial charge in [0.25, 0.3) is 11.8 Å². The molecule has 0 saturated carbocycles. The largest absolute Gasteiger partial charge is 0.416 e. The van der Waals surface area contributed by atoms with Crippen LogP contribution in [0.2, 0.25) is 0 Å². The first kappa shape index (κ1) is 25.3. The Kier molecular flexibility index (Phi) is 6.82. The average molecular weight is 542 g/mol. The number of thiazole rings is 2. The van der Waals surface area contributed by atoms with Gasteiger partial charge in [-0.3, -0.25) is 20.2 Å². The second-order valence-electron chi connectivity index (χ2n) is 7.14. The summed E-state index contributed by atoms with van der Waals surface area (Å²) in [5.74, 6) is -1.57. The molecule has 186 valence electrons. The maximum atomic E-state index is 12.9. The molecule has 0 spiro atoms. The Morgan fingerprint density at radius 1 is 0.667 bits per heavy atom. The number of amides is 2. The fourth-order valence-corrected chi connectivity index (χ4v) is 4.31. The number of nitrogens with one attached hydrogen (secondary N) is 2. The van der Waals surface area contributed by atoms with Crippen molar-refractivity contribution in [2.45, 2.75) is 12.4 Å². The van der Waals surface area contributed by atoms with Crippen molar-refractivity contribution >= 4 is 44.8 Å². The third-order valence-corrected chi connectivity index (χ3v) is 6.13. The molecule has 4 aromatic rings. The van der Waals surface area contributed by atoms with Gasteiger partial charge >= 0.3 is 12.4 Å². The Hall–Kier alpha value is -3.78. The van der Waals surface area contributed by atoms with Crippen LogP contribution in [0.25, 0.3) is 11.4 Å². The van der Waals surface area contributed by atoms with Gasteiger partial charge in [-0.15, -0.1) is 22.7 Å². The summed E-state index contributed by atoms with van der Waals surface area (Å²) in [6.45, 7) is 0. The van der Waals surface area contributed by atoms with Crippen LogP contribution < -0.4 is 10.6 Å². The molecule has 0 aliphatic heterocycles. The zero-order valence-corrected chi connectivity index (χ0v) is 19.2. The zero-order valence-electron chi connectivity index (χ0n) is 17.6. The van der Waals surface area contributed by atoms with Crippen molar-refractivity contribution in [3.8, 4) is 11.4 Å². The molecule has 0 aliphatic rings. The van der Waals surface area contributed by atoms with Crippen LogP contribution in [0.1, 0.15) is 31.8 Å². The fraction of sp³-hybridized carbons (Fsp3) is 0.0909. The van der Waals surface area contributed by atoms with E-state index in [4.69, 9.17) is 0 Å². The van der Waals surface area contributed by atoms with Crippen LogP contribution in [0.15, 0.2) is 59.3 Å². The monoisotopic (exact) mass is 542 g/mol. The van der Waals surface area contributed by atoms with Gasteiger partial charge in [-0.25, -0.2) is 9.97 Å². The number of benzene rings is 2. The SMILES string of the molecule is O=C(Nc1nc(-c2csc(NC(=O)c3cccc(C(F)(F)F)c3)n2)cs1)c1cccc(C(F)(F)F)c1. The van der Waals surface area contributed by atoms with Crippen molar-refractivity contribution in [3.63, 3.8) is 0 Å². The molecule has 2 amide bonds. The number of nitrogens with zero attached hydrogens (tertiary/aromatic N) is 2. The fourth-order valence-electron chi connectivity index (χ4n) is 2.91. The lowest BCUT2D eigenvalue weighted by molar-refractivity contribution is -0.138. The molecule has 0 radical (unpaired) electrons. The van der Waals surface area contributed by atoms with Crippen molar-refractivity contribution < 1.29 is 35.9 Å². The molecule has 4 rings (SSSR count). The van der Waals surface area contributed by atoms with Gasteiger partial charge < -0.3 is 0 Å². The van der Waals surface area contributed by atoms with E-state index in [1.54, 1.807) is 0 Å². The highest BCUT2D eigenvalue weighted by atomic mass is 32.1. The van der Waals surface area contributed by atoms with Gasteiger partial charge in [0.1, 0.15) is 11.4 Å². The summed E-state index contributed by atoms with van der Waals surface area (Å²) in [6, 6.07) is 7.86. The number of hydrogen-bond donors (Lipinski definition) is 2. The lowest BCUT2D eigenvalue weighted by Gasteiger charge is -2.08. The topological polar surface area (TPSA) is 84.0 Å². The summed E-state index contributed by atoms with van der Waals surface area (Å²) in [7, 11) is 0. The molecule has 2 aromatic carbocycles. The van der Waals surface area contributed by atoms with Crippen molar-refractivity contribution in [2.24, 2.45) is 0 Å². The van der Waals surface area contributed by atoms with E-state index in [2.05, 4.69) is 20.6 Å². The van der Waals surface area contributed by atoms with Crippen LogP contribution in [0, 0.1) is 0 Å². The molecule has 14 heteroatoms. The minimum atomic E-state index is -4.59. The lowest BCUT2D eigenvalue weighted by atomic mass is 10.1. The lowest BCUT2D eigenvalue weighted by Crippen LogP contribution is -2.14. The standard InChI is InChI=1S/C22H12F6N4O2S2/c23-21(24,25)13-5-1-3-11(7-13)17(33)31-19-29-15(9-35-19)16-10-36-20(30-16)32-18(34)12-4-2-6-14(8-12)22(26,27)28/h1-10H,(H,29,31,33)(H,30,32,34). The van der Waals surface area contributed by atoms with Gasteiger partial charge in [0, 0.05) is 21.9 Å². The Morgan fingerprint density at radius 3 is 1.42 bits per heavy atom. The first-order chi connectivity index (χ1) is 16.9. The molecule has 0 atom stereocenters. The quantitative estimate of drug-likeness (QED) is 0.272. The molecule has 0 unspecified atom stereocenters. The van der Waals surface area contributed by atoms with E-state index in [1.165, 1.54) is 22.9 Å². The molecule has 0 aliphatic carbocycles. The predicted molar refractivity (Wildman–Crippen MR) is 122 cm³/mol. The summed E-state index contributed by atoms with van der Waals surface area (Å²) in [4.78, 5) is 33.0. The highest BCUT2D eigenvalue weighted by Gasteiger charge is 2.32. The smallest absolute Gasteiger partial charge is 0.298 e. The van der Waals surface area contributed by atoms with Gasteiger partial charge in [-0.1, -0.05) is 12.1 Å². The van der Waals surface area contributed by atoms with E-state index in [1.807, 2.05) is 0 Å². The number of rotatable bonds is 5. The Balaban J connectivity index is 1.43. The van der Waals surface area contributed by atoms with Crippen LogP contribution >= 0.6 is 22.7 Å². The van der Waals surface area contributed by atoms with Gasteiger partial charge in [0.05, 0.1) is 11.1 Å². The number of halogens is 6. The summed E-state index contributed by atoms with van der Waals surface area (Å²) in [5, 5.41) is 8.13. The second-order valence-corrected chi connectivity index (χ2v) is 8.86. The molecule has 0 fully saturated rings. The van der Waals surface area contributed by atoms with Gasteiger partial charge in [-0.2, -0.15) is 26.3 Å². The Morgan fingerprint density at radius 2 is 1.06 bits per heavy atom. The minimum absolute atomic E-state index is 0.106. The van der Waals surface area contributed by atoms with Crippen LogP contribution in [-0.2, 0) is 12.4 Å². The second kappa shape index (κ2) is 9.70. The van der Waals surface area contributed by atoms with Crippen LogP contribution in [-0.4, -0.2) is 21.8 Å². The number of aromatic nitrogens is 2. The number of hydrogen-bond acceptors (Lipinski definition) is 6. The van der Waals surface area contributed by atoms with Gasteiger partial charge in [-0.05, 0) is 36.4 Å². The maximum absolute atomic E-state index is 12.9. The number of carbonyl (C=O) groups is 2. The van der Waals surface area contributed by atoms with E-state index < -0.39 is 35.3 Å². The highest BCUT2D eigenvalue weighted by Crippen LogP contribution is 2.32. The third-order valence-electron chi connectivity index (χ3n) is 4.62. The molecule has 2 aromatic heterocycles. The van der Waals surface area contributed by atoms with Crippen molar-refractivity contribution in [3.05, 3.63) is 81.5 Å². The van der Waals surface area contributed by atoms with Crippen molar-refractivity contribution in [1.29, 1.82) is 0 Å². The van der Waals surface area contributed by atoms with Crippen LogP contribution in [0.3, 0.4) is 0 Å². The zero-order chi connectivity index (χ0) is 26.1. The Labute approximate surface area is 206 Å². The Bertz CT molecular complexity index is 1320. The summed E-state index contributed by atoms with van der Waals surface area (Å²) in [6.07, 6.45) is -9.19. The third kappa shape index (κ3) is 5.88. The van der Waals surface area contributed by atoms with Gasteiger partial charge in [0.2, 0.25) is 0 Å². The normalized spacial score (nSPS) is 11.8.